The molecule has 0 aromatic heterocycles. The van der Waals surface area contributed by atoms with Gasteiger partial charge in [0.2, 0.25) is 15.9 Å². The van der Waals surface area contributed by atoms with Crippen molar-refractivity contribution < 1.29 is 17.9 Å². The summed E-state index contributed by atoms with van der Waals surface area (Å²) >= 11 is 0. The van der Waals surface area contributed by atoms with Crippen LogP contribution < -0.4 is 14.8 Å². The minimum Gasteiger partial charge on any atom is -0.496 e. The maximum atomic E-state index is 12.4. The Balaban J connectivity index is 1.93. The zero-order valence-electron chi connectivity index (χ0n) is 16.1. The fourth-order valence-corrected chi connectivity index (χ4v) is 3.47. The maximum absolute atomic E-state index is 12.4. The van der Waals surface area contributed by atoms with Crippen LogP contribution in [0, 0.1) is 0 Å². The van der Waals surface area contributed by atoms with E-state index in [0.29, 0.717) is 5.75 Å². The summed E-state index contributed by atoms with van der Waals surface area (Å²) in [7, 11) is -2.19. The summed E-state index contributed by atoms with van der Waals surface area (Å²) in [5, 5.41) is 2.68. The van der Waals surface area contributed by atoms with Crippen LogP contribution in [-0.2, 0) is 26.8 Å². The smallest absolute Gasteiger partial charge is 0.241 e. The average Bonchev–Trinajstić information content (AvgIpc) is 2.64. The van der Waals surface area contributed by atoms with Crippen LogP contribution in [0.4, 0.5) is 0 Å². The number of rotatable bonds is 7. The van der Waals surface area contributed by atoms with E-state index >= 15 is 0 Å². The van der Waals surface area contributed by atoms with Gasteiger partial charge in [0, 0.05) is 12.1 Å². The third kappa shape index (κ3) is 5.80. The highest BCUT2D eigenvalue weighted by Gasteiger charge is 2.18. The van der Waals surface area contributed by atoms with Crippen LogP contribution in [0.25, 0.3) is 0 Å². The summed E-state index contributed by atoms with van der Waals surface area (Å²) in [6.45, 7) is 6.09. The van der Waals surface area contributed by atoms with Gasteiger partial charge in [0.1, 0.15) is 5.75 Å². The molecule has 0 unspecified atom stereocenters. The molecule has 2 aromatic rings. The Bertz CT molecular complexity index is 885. The molecule has 2 N–H and O–H groups in total. The van der Waals surface area contributed by atoms with Gasteiger partial charge < -0.3 is 10.1 Å². The predicted molar refractivity (Wildman–Crippen MR) is 105 cm³/mol. The molecule has 146 valence electrons. The quantitative estimate of drug-likeness (QED) is 0.761. The minimum atomic E-state index is -3.75. The Morgan fingerprint density at radius 1 is 1.04 bits per heavy atom. The van der Waals surface area contributed by atoms with Gasteiger partial charge in [-0.1, -0.05) is 51.1 Å². The number of nitrogens with one attached hydrogen (secondary N) is 2. The molecule has 1 amide bonds. The fourth-order valence-electron chi connectivity index (χ4n) is 2.48. The number of benzene rings is 2. The summed E-state index contributed by atoms with van der Waals surface area (Å²) in [5.74, 6) is 0.244. The SMILES string of the molecule is COc1ccccc1CNC(=O)CNS(=O)(=O)c1ccc(C(C)(C)C)cc1. The Labute approximate surface area is 161 Å². The third-order valence-electron chi connectivity index (χ3n) is 4.12. The van der Waals surface area contributed by atoms with Gasteiger partial charge in [-0.15, -0.1) is 0 Å². The number of ether oxygens (including phenoxy) is 1. The van der Waals surface area contributed by atoms with E-state index in [9.17, 15) is 13.2 Å². The molecule has 0 aliphatic carbocycles. The molecule has 0 saturated heterocycles. The van der Waals surface area contributed by atoms with Gasteiger partial charge in [-0.25, -0.2) is 13.1 Å². The van der Waals surface area contributed by atoms with Gasteiger partial charge >= 0.3 is 0 Å². The van der Waals surface area contributed by atoms with E-state index < -0.39 is 15.9 Å². The topological polar surface area (TPSA) is 84.5 Å². The Morgan fingerprint density at radius 3 is 2.26 bits per heavy atom. The molecule has 6 nitrogen and oxygen atoms in total. The lowest BCUT2D eigenvalue weighted by Gasteiger charge is -2.19. The minimum absolute atomic E-state index is 0.0614. The number of carbonyl (C=O) groups is 1. The van der Waals surface area contributed by atoms with E-state index in [1.165, 1.54) is 0 Å². The number of hydrogen-bond acceptors (Lipinski definition) is 4. The average molecular weight is 391 g/mol. The molecule has 0 bridgehead atoms. The molecule has 0 heterocycles. The number of methoxy groups -OCH3 is 1. The van der Waals surface area contributed by atoms with Gasteiger partial charge in [-0.3, -0.25) is 4.79 Å². The second-order valence-electron chi connectivity index (χ2n) is 7.19. The summed E-state index contributed by atoms with van der Waals surface area (Å²) in [5.41, 5.74) is 1.79. The number of sulfonamides is 1. The summed E-state index contributed by atoms with van der Waals surface area (Å²) in [4.78, 5) is 12.1. The molecule has 0 atom stereocenters. The first-order valence-electron chi connectivity index (χ1n) is 8.62. The lowest BCUT2D eigenvalue weighted by atomic mass is 9.87. The van der Waals surface area contributed by atoms with Crippen LogP contribution in [0.2, 0.25) is 0 Å². The summed E-state index contributed by atoms with van der Waals surface area (Å²) < 4.78 is 32.3. The first-order valence-corrected chi connectivity index (χ1v) is 10.1. The highest BCUT2D eigenvalue weighted by atomic mass is 32.2. The largest absolute Gasteiger partial charge is 0.496 e. The van der Waals surface area contributed by atoms with Crippen LogP contribution in [0.5, 0.6) is 5.75 Å². The highest BCUT2D eigenvalue weighted by Crippen LogP contribution is 2.23. The molecule has 0 aliphatic heterocycles. The number of para-hydroxylation sites is 1. The van der Waals surface area contributed by atoms with Gasteiger partial charge in [0.15, 0.2) is 0 Å². The Hall–Kier alpha value is -2.38. The van der Waals surface area contributed by atoms with Crippen molar-refractivity contribution in [2.75, 3.05) is 13.7 Å². The summed E-state index contributed by atoms with van der Waals surface area (Å²) in [6, 6.07) is 14.0. The molecule has 2 aromatic carbocycles. The van der Waals surface area contributed by atoms with Crippen LogP contribution in [-0.4, -0.2) is 28.0 Å². The predicted octanol–water partition coefficient (Wildman–Crippen LogP) is 2.59. The molecule has 0 saturated carbocycles. The zero-order chi connectivity index (χ0) is 20.1. The molecule has 0 aliphatic rings. The number of amides is 1. The number of hydrogen-bond donors (Lipinski definition) is 2. The van der Waals surface area contributed by atoms with E-state index in [2.05, 4.69) is 30.8 Å². The molecule has 27 heavy (non-hydrogen) atoms. The van der Waals surface area contributed by atoms with Crippen molar-refractivity contribution in [3.8, 4) is 5.75 Å². The van der Waals surface area contributed by atoms with Gasteiger partial charge in [0.25, 0.3) is 0 Å². The Morgan fingerprint density at radius 2 is 1.67 bits per heavy atom. The van der Waals surface area contributed by atoms with Crippen molar-refractivity contribution in [2.45, 2.75) is 37.6 Å². The lowest BCUT2D eigenvalue weighted by Crippen LogP contribution is -2.36. The van der Waals surface area contributed by atoms with Crippen LogP contribution in [0.1, 0.15) is 31.9 Å². The molecule has 7 heteroatoms. The maximum Gasteiger partial charge on any atom is 0.241 e. The summed E-state index contributed by atoms with van der Waals surface area (Å²) in [6.07, 6.45) is 0. The molecule has 0 spiro atoms. The van der Waals surface area contributed by atoms with Crippen LogP contribution in [0.15, 0.2) is 53.4 Å². The van der Waals surface area contributed by atoms with E-state index in [-0.39, 0.29) is 23.4 Å². The first-order chi connectivity index (χ1) is 12.6. The second kappa shape index (κ2) is 8.54. The normalized spacial score (nSPS) is 11.9. The van der Waals surface area contributed by atoms with E-state index in [1.807, 2.05) is 18.2 Å². The highest BCUT2D eigenvalue weighted by molar-refractivity contribution is 7.89. The first kappa shape index (κ1) is 20.9. The van der Waals surface area contributed by atoms with E-state index in [0.717, 1.165) is 11.1 Å². The van der Waals surface area contributed by atoms with Crippen LogP contribution >= 0.6 is 0 Å². The lowest BCUT2D eigenvalue weighted by molar-refractivity contribution is -0.120. The standard InChI is InChI=1S/C20H26N2O4S/c1-20(2,3)16-9-11-17(12-10-16)27(24,25)22-14-19(23)21-13-15-7-5-6-8-18(15)26-4/h5-12,22H,13-14H2,1-4H3,(H,21,23). The molecule has 2 rings (SSSR count). The number of carbonyl (C=O) groups excluding carboxylic acids is 1. The molecular formula is C20H26N2O4S. The van der Waals surface area contributed by atoms with Gasteiger partial charge in [-0.05, 0) is 29.2 Å². The Kier molecular flexibility index (Phi) is 6.62. The third-order valence-corrected chi connectivity index (χ3v) is 5.54. The van der Waals surface area contributed by atoms with E-state index in [4.69, 9.17) is 4.74 Å². The molecule has 0 fully saturated rings. The second-order valence-corrected chi connectivity index (χ2v) is 8.95. The van der Waals surface area contributed by atoms with Crippen molar-refractivity contribution >= 4 is 15.9 Å². The monoisotopic (exact) mass is 390 g/mol. The van der Waals surface area contributed by atoms with Crippen molar-refractivity contribution in [1.82, 2.24) is 10.0 Å². The van der Waals surface area contributed by atoms with Gasteiger partial charge in [0.05, 0.1) is 18.6 Å². The molecule has 0 radical (unpaired) electrons. The fraction of sp³-hybridized carbons (Fsp3) is 0.350. The van der Waals surface area contributed by atoms with Crippen molar-refractivity contribution in [2.24, 2.45) is 0 Å². The van der Waals surface area contributed by atoms with E-state index in [1.54, 1.807) is 37.4 Å². The van der Waals surface area contributed by atoms with Gasteiger partial charge in [-0.2, -0.15) is 0 Å². The van der Waals surface area contributed by atoms with Crippen molar-refractivity contribution in [3.05, 3.63) is 59.7 Å². The molecular weight excluding hydrogens is 364 g/mol. The van der Waals surface area contributed by atoms with Crippen molar-refractivity contribution in [3.63, 3.8) is 0 Å². The zero-order valence-corrected chi connectivity index (χ0v) is 16.9. The van der Waals surface area contributed by atoms with Crippen LogP contribution in [0.3, 0.4) is 0 Å². The van der Waals surface area contributed by atoms with Crippen molar-refractivity contribution in [1.29, 1.82) is 0 Å².